The van der Waals surface area contributed by atoms with Crippen molar-refractivity contribution >= 4 is 5.96 Å². The summed E-state index contributed by atoms with van der Waals surface area (Å²) in [6, 6.07) is 11.5. The average molecular weight is 388 g/mol. The first-order valence-corrected chi connectivity index (χ1v) is 10.6. The predicted molar refractivity (Wildman–Crippen MR) is 116 cm³/mol. The van der Waals surface area contributed by atoms with E-state index in [-0.39, 0.29) is 5.54 Å². The van der Waals surface area contributed by atoms with E-state index in [1.165, 1.54) is 12.0 Å². The minimum absolute atomic E-state index is 0.0471. The molecule has 156 valence electrons. The Bertz CT molecular complexity index is 627. The van der Waals surface area contributed by atoms with Gasteiger partial charge in [0.05, 0.1) is 13.2 Å². The maximum Gasteiger partial charge on any atom is 0.193 e. The van der Waals surface area contributed by atoms with Gasteiger partial charge in [-0.2, -0.15) is 0 Å². The summed E-state index contributed by atoms with van der Waals surface area (Å²) in [5.74, 6) is 1.01. The molecule has 2 saturated heterocycles. The molecule has 0 bridgehead atoms. The first-order valence-electron chi connectivity index (χ1n) is 10.6. The largest absolute Gasteiger partial charge is 0.379 e. The van der Waals surface area contributed by atoms with E-state index in [9.17, 15) is 0 Å². The molecule has 6 nitrogen and oxygen atoms in total. The standard InChI is InChI=1S/C22H37N5O/c1-18(19-8-6-5-7-9-19)25-22(2,3)17-24-21(23-4)27-11-10-20(16-27)26-12-14-28-15-13-26/h5-9,18,20,25H,10-17H2,1-4H3,(H,23,24). The van der Waals surface area contributed by atoms with Gasteiger partial charge >= 0.3 is 0 Å². The van der Waals surface area contributed by atoms with Crippen molar-refractivity contribution in [3.05, 3.63) is 35.9 Å². The number of ether oxygens (including phenoxy) is 1. The number of benzene rings is 1. The highest BCUT2D eigenvalue weighted by molar-refractivity contribution is 5.80. The van der Waals surface area contributed by atoms with Crippen molar-refractivity contribution in [1.29, 1.82) is 0 Å². The molecule has 6 heteroatoms. The molecule has 0 aliphatic carbocycles. The smallest absolute Gasteiger partial charge is 0.193 e. The summed E-state index contributed by atoms with van der Waals surface area (Å²) in [5, 5.41) is 7.35. The van der Waals surface area contributed by atoms with Gasteiger partial charge in [-0.3, -0.25) is 9.89 Å². The Morgan fingerprint density at radius 3 is 2.61 bits per heavy atom. The van der Waals surface area contributed by atoms with E-state index in [1.807, 2.05) is 7.05 Å². The Hall–Kier alpha value is -1.63. The molecule has 3 rings (SSSR count). The zero-order valence-electron chi connectivity index (χ0n) is 17.9. The lowest BCUT2D eigenvalue weighted by Gasteiger charge is -2.34. The minimum Gasteiger partial charge on any atom is -0.379 e. The predicted octanol–water partition coefficient (Wildman–Crippen LogP) is 2.10. The summed E-state index contributed by atoms with van der Waals surface area (Å²) in [6.45, 7) is 13.5. The third-order valence-electron chi connectivity index (χ3n) is 5.83. The Kier molecular flexibility index (Phi) is 7.32. The first-order chi connectivity index (χ1) is 13.5. The second kappa shape index (κ2) is 9.72. The van der Waals surface area contributed by atoms with Crippen molar-refractivity contribution in [1.82, 2.24) is 20.4 Å². The van der Waals surface area contributed by atoms with Crippen LogP contribution >= 0.6 is 0 Å². The van der Waals surface area contributed by atoms with Gasteiger partial charge in [-0.25, -0.2) is 0 Å². The van der Waals surface area contributed by atoms with Crippen LogP contribution in [0.3, 0.4) is 0 Å². The maximum atomic E-state index is 5.50. The first kappa shape index (κ1) is 21.1. The number of nitrogens with one attached hydrogen (secondary N) is 2. The molecule has 0 spiro atoms. The van der Waals surface area contributed by atoms with Crippen LogP contribution in [0.5, 0.6) is 0 Å². The lowest BCUT2D eigenvalue weighted by Crippen LogP contribution is -2.53. The lowest BCUT2D eigenvalue weighted by molar-refractivity contribution is 0.0194. The molecular formula is C22H37N5O. The summed E-state index contributed by atoms with van der Waals surface area (Å²) >= 11 is 0. The van der Waals surface area contributed by atoms with Crippen molar-refractivity contribution in [2.45, 2.75) is 44.8 Å². The molecule has 0 radical (unpaired) electrons. The highest BCUT2D eigenvalue weighted by atomic mass is 16.5. The van der Waals surface area contributed by atoms with Crippen molar-refractivity contribution < 1.29 is 4.74 Å². The lowest BCUT2D eigenvalue weighted by atomic mass is 10.0. The van der Waals surface area contributed by atoms with E-state index in [0.29, 0.717) is 12.1 Å². The fourth-order valence-electron chi connectivity index (χ4n) is 4.27. The quantitative estimate of drug-likeness (QED) is 0.578. The van der Waals surface area contributed by atoms with Gasteiger partial charge < -0.3 is 20.3 Å². The van der Waals surface area contributed by atoms with Gasteiger partial charge in [0.15, 0.2) is 5.96 Å². The number of nitrogens with zero attached hydrogens (tertiary/aromatic N) is 3. The molecule has 28 heavy (non-hydrogen) atoms. The second-order valence-electron chi connectivity index (χ2n) is 8.60. The van der Waals surface area contributed by atoms with Crippen molar-refractivity contribution in [2.24, 2.45) is 4.99 Å². The Morgan fingerprint density at radius 2 is 1.93 bits per heavy atom. The minimum atomic E-state index is -0.0471. The molecule has 2 unspecified atom stereocenters. The fourth-order valence-corrected chi connectivity index (χ4v) is 4.27. The van der Waals surface area contributed by atoms with Crippen LogP contribution in [0.25, 0.3) is 0 Å². The van der Waals surface area contributed by atoms with Gasteiger partial charge in [0.1, 0.15) is 0 Å². The molecule has 2 heterocycles. The fraction of sp³-hybridized carbons (Fsp3) is 0.682. The van der Waals surface area contributed by atoms with E-state index in [2.05, 4.69) is 76.5 Å². The highest BCUT2D eigenvalue weighted by Crippen LogP contribution is 2.18. The summed E-state index contributed by atoms with van der Waals surface area (Å²) in [6.07, 6.45) is 1.20. The van der Waals surface area contributed by atoms with E-state index < -0.39 is 0 Å². The number of hydrogen-bond acceptors (Lipinski definition) is 4. The van der Waals surface area contributed by atoms with Crippen molar-refractivity contribution in [3.63, 3.8) is 0 Å². The van der Waals surface area contributed by atoms with Crippen molar-refractivity contribution in [3.8, 4) is 0 Å². The molecule has 2 N–H and O–H groups in total. The summed E-state index contributed by atoms with van der Waals surface area (Å²) in [7, 11) is 1.89. The van der Waals surface area contributed by atoms with Gasteiger partial charge in [-0.05, 0) is 32.8 Å². The van der Waals surface area contributed by atoms with Crippen LogP contribution < -0.4 is 10.6 Å². The van der Waals surface area contributed by atoms with Crippen LogP contribution in [-0.4, -0.2) is 80.3 Å². The maximum absolute atomic E-state index is 5.50. The molecule has 0 amide bonds. The van der Waals surface area contributed by atoms with Crippen LogP contribution in [0.2, 0.25) is 0 Å². The number of hydrogen-bond donors (Lipinski definition) is 2. The summed E-state index contributed by atoms with van der Waals surface area (Å²) in [5.41, 5.74) is 1.27. The topological polar surface area (TPSA) is 52.1 Å². The third-order valence-corrected chi connectivity index (χ3v) is 5.83. The van der Waals surface area contributed by atoms with Crippen LogP contribution in [0.15, 0.2) is 35.3 Å². The molecule has 0 aromatic heterocycles. The number of guanidine groups is 1. The van der Waals surface area contributed by atoms with Gasteiger partial charge in [0, 0.05) is 57.4 Å². The molecule has 2 fully saturated rings. The van der Waals surface area contributed by atoms with E-state index >= 15 is 0 Å². The number of aliphatic imine (C=N–C) groups is 1. The van der Waals surface area contributed by atoms with Crippen molar-refractivity contribution in [2.75, 3.05) is 53.0 Å². The molecule has 2 atom stereocenters. The SMILES string of the molecule is CN=C(NCC(C)(C)NC(C)c1ccccc1)N1CCC(N2CCOCC2)C1. The normalized spacial score (nSPS) is 23.1. The average Bonchev–Trinajstić information content (AvgIpc) is 3.19. The van der Waals surface area contributed by atoms with E-state index in [0.717, 1.165) is 51.9 Å². The van der Waals surface area contributed by atoms with E-state index in [4.69, 9.17) is 4.74 Å². The van der Waals surface area contributed by atoms with E-state index in [1.54, 1.807) is 0 Å². The second-order valence-corrected chi connectivity index (χ2v) is 8.60. The molecular weight excluding hydrogens is 350 g/mol. The molecule has 2 aliphatic rings. The molecule has 1 aromatic rings. The number of morpholine rings is 1. The molecule has 2 aliphatic heterocycles. The highest BCUT2D eigenvalue weighted by Gasteiger charge is 2.31. The van der Waals surface area contributed by atoms with Gasteiger partial charge in [0.25, 0.3) is 0 Å². The molecule has 0 saturated carbocycles. The van der Waals surface area contributed by atoms with Gasteiger partial charge in [0.2, 0.25) is 0 Å². The van der Waals surface area contributed by atoms with Gasteiger partial charge in [-0.15, -0.1) is 0 Å². The Labute approximate surface area is 170 Å². The summed E-state index contributed by atoms with van der Waals surface area (Å²) in [4.78, 5) is 9.52. The van der Waals surface area contributed by atoms with Crippen LogP contribution in [0.4, 0.5) is 0 Å². The monoisotopic (exact) mass is 387 g/mol. The summed E-state index contributed by atoms with van der Waals surface area (Å²) < 4.78 is 5.50. The van der Waals surface area contributed by atoms with Gasteiger partial charge in [-0.1, -0.05) is 30.3 Å². The Balaban J connectivity index is 1.49. The third kappa shape index (κ3) is 5.69. The number of rotatable bonds is 6. The molecule has 1 aromatic carbocycles. The van der Waals surface area contributed by atoms with Crippen LogP contribution in [-0.2, 0) is 4.74 Å². The van der Waals surface area contributed by atoms with Crippen LogP contribution in [0, 0.1) is 0 Å². The zero-order valence-corrected chi connectivity index (χ0v) is 17.9. The number of likely N-dealkylation sites (tertiary alicyclic amines) is 1. The Morgan fingerprint density at radius 1 is 1.21 bits per heavy atom. The van der Waals surface area contributed by atoms with Crippen LogP contribution in [0.1, 0.15) is 38.8 Å². The zero-order chi connectivity index (χ0) is 20.0.